The second kappa shape index (κ2) is 4.66. The molecule has 2 aromatic rings. The van der Waals surface area contributed by atoms with E-state index in [9.17, 15) is 0 Å². The first kappa shape index (κ1) is 11.0. The van der Waals surface area contributed by atoms with Gasteiger partial charge in [0.15, 0.2) is 11.5 Å². The van der Waals surface area contributed by atoms with E-state index in [1.54, 1.807) is 6.33 Å². The molecular formula is C12H14N4O2. The number of aromatic nitrogens is 3. The predicted molar refractivity (Wildman–Crippen MR) is 64.5 cm³/mol. The van der Waals surface area contributed by atoms with Gasteiger partial charge >= 0.3 is 0 Å². The van der Waals surface area contributed by atoms with Crippen LogP contribution in [0.1, 0.15) is 11.4 Å². The molecule has 1 aromatic carbocycles. The summed E-state index contributed by atoms with van der Waals surface area (Å²) in [5, 5.41) is 11.1. The molecule has 0 fully saturated rings. The van der Waals surface area contributed by atoms with Gasteiger partial charge in [0.05, 0.1) is 13.1 Å². The first-order valence-electron chi connectivity index (χ1n) is 5.76. The highest BCUT2D eigenvalue weighted by Crippen LogP contribution is 2.32. The topological polar surface area (TPSA) is 61.2 Å². The molecule has 0 saturated heterocycles. The molecule has 0 radical (unpaired) electrons. The summed E-state index contributed by atoms with van der Waals surface area (Å²) in [7, 11) is 1.89. The fourth-order valence-electron chi connectivity index (χ4n) is 1.94. The Kier molecular flexibility index (Phi) is 2.85. The van der Waals surface area contributed by atoms with Gasteiger partial charge in [-0.3, -0.25) is 0 Å². The molecule has 18 heavy (non-hydrogen) atoms. The van der Waals surface area contributed by atoms with E-state index in [0.29, 0.717) is 13.3 Å². The highest BCUT2D eigenvalue weighted by Gasteiger charge is 2.13. The number of benzene rings is 1. The molecule has 0 bridgehead atoms. The van der Waals surface area contributed by atoms with Gasteiger partial charge < -0.3 is 19.4 Å². The summed E-state index contributed by atoms with van der Waals surface area (Å²) >= 11 is 0. The van der Waals surface area contributed by atoms with Crippen LogP contribution in [-0.4, -0.2) is 28.6 Å². The molecule has 0 saturated carbocycles. The fraction of sp³-hybridized carbons (Fsp3) is 0.333. The van der Waals surface area contributed by atoms with Gasteiger partial charge in [-0.2, -0.15) is 0 Å². The molecule has 0 aliphatic carbocycles. The van der Waals surface area contributed by atoms with E-state index in [1.807, 2.05) is 29.8 Å². The molecule has 94 valence electrons. The van der Waals surface area contributed by atoms with Crippen LogP contribution in [-0.2, 0) is 13.1 Å². The molecule has 6 nitrogen and oxygen atoms in total. The van der Waals surface area contributed by atoms with Gasteiger partial charge in [-0.25, -0.2) is 0 Å². The summed E-state index contributed by atoms with van der Waals surface area (Å²) in [5.74, 6) is 2.52. The van der Waals surface area contributed by atoms with Crippen molar-refractivity contribution in [3.05, 3.63) is 35.9 Å². The summed E-state index contributed by atoms with van der Waals surface area (Å²) < 4.78 is 12.7. The SMILES string of the molecule is CNCc1nncn1Cc1ccc2c(c1)OCO2. The molecule has 6 heteroatoms. The van der Waals surface area contributed by atoms with Crippen molar-refractivity contribution in [1.82, 2.24) is 20.1 Å². The number of ether oxygens (including phenoxy) is 2. The van der Waals surface area contributed by atoms with Crippen LogP contribution in [0.3, 0.4) is 0 Å². The largest absolute Gasteiger partial charge is 0.454 e. The van der Waals surface area contributed by atoms with Crippen molar-refractivity contribution in [2.75, 3.05) is 13.8 Å². The summed E-state index contributed by atoms with van der Waals surface area (Å²) in [6.07, 6.45) is 1.73. The number of nitrogens with zero attached hydrogens (tertiary/aromatic N) is 3. The lowest BCUT2D eigenvalue weighted by Crippen LogP contribution is -2.12. The van der Waals surface area contributed by atoms with Gasteiger partial charge in [0.25, 0.3) is 0 Å². The molecule has 0 spiro atoms. The molecule has 1 N–H and O–H groups in total. The summed E-state index contributed by atoms with van der Waals surface area (Å²) in [6.45, 7) is 1.72. The quantitative estimate of drug-likeness (QED) is 0.863. The van der Waals surface area contributed by atoms with Crippen molar-refractivity contribution < 1.29 is 9.47 Å². The highest BCUT2D eigenvalue weighted by atomic mass is 16.7. The molecule has 3 rings (SSSR count). The van der Waals surface area contributed by atoms with Gasteiger partial charge in [-0.15, -0.1) is 10.2 Å². The molecule has 1 aromatic heterocycles. The zero-order valence-corrected chi connectivity index (χ0v) is 10.1. The number of hydrogen-bond donors (Lipinski definition) is 1. The smallest absolute Gasteiger partial charge is 0.231 e. The predicted octanol–water partition coefficient (Wildman–Crippen LogP) is 0.774. The van der Waals surface area contributed by atoms with Gasteiger partial charge in [0.1, 0.15) is 12.2 Å². The van der Waals surface area contributed by atoms with Crippen LogP contribution < -0.4 is 14.8 Å². The lowest BCUT2D eigenvalue weighted by molar-refractivity contribution is 0.174. The number of rotatable bonds is 4. The van der Waals surface area contributed by atoms with Crippen LogP contribution in [0.5, 0.6) is 11.5 Å². The van der Waals surface area contributed by atoms with Crippen molar-refractivity contribution in [3.63, 3.8) is 0 Å². The van der Waals surface area contributed by atoms with E-state index in [2.05, 4.69) is 15.5 Å². The molecule has 2 heterocycles. The normalized spacial score (nSPS) is 12.9. The van der Waals surface area contributed by atoms with Crippen molar-refractivity contribution in [2.24, 2.45) is 0 Å². The van der Waals surface area contributed by atoms with E-state index >= 15 is 0 Å². The molecule has 0 amide bonds. The Balaban J connectivity index is 1.81. The van der Waals surface area contributed by atoms with Gasteiger partial charge in [-0.1, -0.05) is 6.07 Å². The Hall–Kier alpha value is -2.08. The maximum absolute atomic E-state index is 5.36. The minimum absolute atomic E-state index is 0.302. The third-order valence-electron chi connectivity index (χ3n) is 2.82. The third-order valence-corrected chi connectivity index (χ3v) is 2.82. The van der Waals surface area contributed by atoms with Crippen LogP contribution in [0.4, 0.5) is 0 Å². The Bertz CT molecular complexity index is 553. The Morgan fingerprint density at radius 2 is 2.22 bits per heavy atom. The average molecular weight is 246 g/mol. The van der Waals surface area contributed by atoms with Gasteiger partial charge in [0, 0.05) is 0 Å². The average Bonchev–Trinajstić information content (AvgIpc) is 2.99. The minimum atomic E-state index is 0.302. The van der Waals surface area contributed by atoms with Gasteiger partial charge in [-0.05, 0) is 24.7 Å². The Morgan fingerprint density at radius 1 is 1.33 bits per heavy atom. The van der Waals surface area contributed by atoms with Crippen LogP contribution in [0, 0.1) is 0 Å². The van der Waals surface area contributed by atoms with E-state index in [4.69, 9.17) is 9.47 Å². The summed E-state index contributed by atoms with van der Waals surface area (Å²) in [4.78, 5) is 0. The van der Waals surface area contributed by atoms with Crippen LogP contribution in [0.15, 0.2) is 24.5 Å². The van der Waals surface area contributed by atoms with Crippen molar-refractivity contribution in [2.45, 2.75) is 13.1 Å². The number of fused-ring (bicyclic) bond motifs is 1. The second-order valence-corrected chi connectivity index (χ2v) is 4.09. The molecule has 0 atom stereocenters. The molecule has 1 aliphatic heterocycles. The Morgan fingerprint density at radius 3 is 3.11 bits per heavy atom. The van der Waals surface area contributed by atoms with E-state index in [1.165, 1.54) is 0 Å². The van der Waals surface area contributed by atoms with Crippen LogP contribution in [0.2, 0.25) is 0 Å². The van der Waals surface area contributed by atoms with E-state index in [0.717, 1.165) is 29.4 Å². The standard InChI is InChI=1S/C12H14N4O2/c1-13-5-12-15-14-7-16(12)6-9-2-3-10-11(4-9)18-8-17-10/h2-4,7,13H,5-6,8H2,1H3. The molecule has 0 unspecified atom stereocenters. The summed E-state index contributed by atoms with van der Waals surface area (Å²) in [5.41, 5.74) is 1.14. The lowest BCUT2D eigenvalue weighted by Gasteiger charge is -2.07. The first-order valence-corrected chi connectivity index (χ1v) is 5.76. The lowest BCUT2D eigenvalue weighted by atomic mass is 10.2. The highest BCUT2D eigenvalue weighted by molar-refractivity contribution is 5.44. The van der Waals surface area contributed by atoms with Crippen LogP contribution >= 0.6 is 0 Å². The van der Waals surface area contributed by atoms with Crippen molar-refractivity contribution in [3.8, 4) is 11.5 Å². The van der Waals surface area contributed by atoms with E-state index in [-0.39, 0.29) is 0 Å². The number of hydrogen-bond acceptors (Lipinski definition) is 5. The number of nitrogens with one attached hydrogen (secondary N) is 1. The Labute approximate surface area is 105 Å². The monoisotopic (exact) mass is 246 g/mol. The fourth-order valence-corrected chi connectivity index (χ4v) is 1.94. The zero-order valence-electron chi connectivity index (χ0n) is 10.1. The van der Waals surface area contributed by atoms with Crippen molar-refractivity contribution >= 4 is 0 Å². The second-order valence-electron chi connectivity index (χ2n) is 4.09. The van der Waals surface area contributed by atoms with Gasteiger partial charge in [0.2, 0.25) is 6.79 Å². The molecular weight excluding hydrogens is 232 g/mol. The van der Waals surface area contributed by atoms with Crippen LogP contribution in [0.25, 0.3) is 0 Å². The third kappa shape index (κ3) is 2.02. The first-order chi connectivity index (χ1) is 8.86. The summed E-state index contributed by atoms with van der Waals surface area (Å²) in [6, 6.07) is 5.95. The zero-order chi connectivity index (χ0) is 12.4. The van der Waals surface area contributed by atoms with E-state index < -0.39 is 0 Å². The van der Waals surface area contributed by atoms with Crippen molar-refractivity contribution in [1.29, 1.82) is 0 Å². The maximum atomic E-state index is 5.36. The minimum Gasteiger partial charge on any atom is -0.454 e. The molecule has 1 aliphatic rings. The maximum Gasteiger partial charge on any atom is 0.231 e.